The Kier molecular flexibility index (Phi) is 3.90. The van der Waals surface area contributed by atoms with Crippen molar-refractivity contribution in [2.45, 2.75) is 5.88 Å². The highest BCUT2D eigenvalue weighted by molar-refractivity contribution is 9.10. The summed E-state index contributed by atoms with van der Waals surface area (Å²) >= 11 is 15.1. The Morgan fingerprint density at radius 1 is 1.19 bits per heavy atom. The van der Waals surface area contributed by atoms with Crippen LogP contribution in [0.2, 0.25) is 5.02 Å². The lowest BCUT2D eigenvalue weighted by Gasteiger charge is -2.11. The van der Waals surface area contributed by atoms with Gasteiger partial charge in [-0.15, -0.1) is 11.6 Å². The highest BCUT2D eigenvalue weighted by atomic mass is 79.9. The maximum atomic E-state index is 14.2. The van der Waals surface area contributed by atoms with Crippen LogP contribution in [0.15, 0.2) is 34.8 Å². The summed E-state index contributed by atoms with van der Waals surface area (Å²) in [6.07, 6.45) is 0. The standard InChI is InChI=1S/C14H7BrCl2F2N2/c15-7-4-11-12(5-10(7)19)21(13(6-16)20-11)14-8(17)2-1-3-9(14)18/h1-5H,6H2. The van der Waals surface area contributed by atoms with E-state index in [0.717, 1.165) is 0 Å². The molecule has 0 amide bonds. The largest absolute Gasteiger partial charge is 0.291 e. The Balaban J connectivity index is 2.43. The molecule has 0 aliphatic rings. The fourth-order valence-corrected chi connectivity index (χ4v) is 2.92. The summed E-state index contributed by atoms with van der Waals surface area (Å²) in [5.74, 6) is -0.580. The topological polar surface area (TPSA) is 17.8 Å². The van der Waals surface area contributed by atoms with Crippen molar-refractivity contribution in [2.75, 3.05) is 0 Å². The number of hydrogen-bond donors (Lipinski definition) is 0. The van der Waals surface area contributed by atoms with Crippen LogP contribution in [0, 0.1) is 11.6 Å². The first kappa shape index (κ1) is 14.8. The SMILES string of the molecule is Fc1cc2c(cc1Br)nc(CCl)n2-c1c(F)cccc1Cl. The first-order valence-corrected chi connectivity index (χ1v) is 7.60. The van der Waals surface area contributed by atoms with Crippen LogP contribution >= 0.6 is 39.1 Å². The van der Waals surface area contributed by atoms with E-state index in [4.69, 9.17) is 23.2 Å². The molecule has 1 heterocycles. The van der Waals surface area contributed by atoms with Crippen molar-refractivity contribution >= 4 is 50.2 Å². The lowest BCUT2D eigenvalue weighted by molar-refractivity contribution is 0.615. The van der Waals surface area contributed by atoms with Crippen molar-refractivity contribution < 1.29 is 8.78 Å². The average molecular weight is 392 g/mol. The van der Waals surface area contributed by atoms with Gasteiger partial charge in [0.15, 0.2) is 0 Å². The molecule has 0 atom stereocenters. The maximum Gasteiger partial charge on any atom is 0.148 e. The van der Waals surface area contributed by atoms with Gasteiger partial charge in [0.05, 0.1) is 26.4 Å². The Labute approximate surface area is 137 Å². The number of imidazole rings is 1. The number of aromatic nitrogens is 2. The van der Waals surface area contributed by atoms with Crippen molar-refractivity contribution in [1.29, 1.82) is 0 Å². The van der Waals surface area contributed by atoms with Crippen molar-refractivity contribution in [3.8, 4) is 5.69 Å². The van der Waals surface area contributed by atoms with E-state index in [1.807, 2.05) is 0 Å². The monoisotopic (exact) mass is 390 g/mol. The molecule has 0 N–H and O–H groups in total. The number of nitrogens with zero attached hydrogens (tertiary/aromatic N) is 2. The quantitative estimate of drug-likeness (QED) is 0.530. The molecule has 0 saturated carbocycles. The molecule has 0 fully saturated rings. The molecule has 0 unspecified atom stereocenters. The van der Waals surface area contributed by atoms with Crippen LogP contribution < -0.4 is 0 Å². The molecule has 0 aliphatic carbocycles. The van der Waals surface area contributed by atoms with Gasteiger partial charge in [-0.1, -0.05) is 17.7 Å². The second-order valence-electron chi connectivity index (χ2n) is 4.32. The van der Waals surface area contributed by atoms with Crippen LogP contribution in [0.1, 0.15) is 5.82 Å². The van der Waals surface area contributed by atoms with Gasteiger partial charge in [0.2, 0.25) is 0 Å². The van der Waals surface area contributed by atoms with Gasteiger partial charge in [-0.25, -0.2) is 13.8 Å². The molecular formula is C14H7BrCl2F2N2. The van der Waals surface area contributed by atoms with Gasteiger partial charge in [0.25, 0.3) is 0 Å². The number of para-hydroxylation sites is 1. The van der Waals surface area contributed by atoms with E-state index in [-0.39, 0.29) is 21.1 Å². The second-order valence-corrected chi connectivity index (χ2v) is 5.85. The highest BCUT2D eigenvalue weighted by Crippen LogP contribution is 2.31. The lowest BCUT2D eigenvalue weighted by Crippen LogP contribution is -2.03. The van der Waals surface area contributed by atoms with Crippen LogP contribution in [-0.4, -0.2) is 9.55 Å². The van der Waals surface area contributed by atoms with E-state index in [1.165, 1.54) is 28.8 Å². The van der Waals surface area contributed by atoms with E-state index in [0.29, 0.717) is 16.9 Å². The summed E-state index contributed by atoms with van der Waals surface area (Å²) in [5, 5.41) is 0.198. The zero-order valence-corrected chi connectivity index (χ0v) is 13.5. The van der Waals surface area contributed by atoms with Crippen LogP contribution in [-0.2, 0) is 5.88 Å². The van der Waals surface area contributed by atoms with E-state index in [1.54, 1.807) is 6.07 Å². The summed E-state index contributed by atoms with van der Waals surface area (Å²) in [4.78, 5) is 4.30. The van der Waals surface area contributed by atoms with Gasteiger partial charge in [-0.05, 0) is 34.1 Å². The molecule has 21 heavy (non-hydrogen) atoms. The summed E-state index contributed by atoms with van der Waals surface area (Å²) in [6.45, 7) is 0. The Hall–Kier alpha value is -1.17. The third-order valence-electron chi connectivity index (χ3n) is 3.05. The first-order chi connectivity index (χ1) is 10.0. The third kappa shape index (κ3) is 2.43. The van der Waals surface area contributed by atoms with Crippen LogP contribution in [0.5, 0.6) is 0 Å². The van der Waals surface area contributed by atoms with E-state index in [2.05, 4.69) is 20.9 Å². The molecule has 1 aromatic heterocycles. The van der Waals surface area contributed by atoms with E-state index in [9.17, 15) is 8.78 Å². The molecule has 2 aromatic carbocycles. The van der Waals surface area contributed by atoms with Crippen molar-refractivity contribution in [1.82, 2.24) is 9.55 Å². The minimum atomic E-state index is -0.531. The number of fused-ring (bicyclic) bond motifs is 1. The normalized spacial score (nSPS) is 11.3. The number of alkyl halides is 1. The average Bonchev–Trinajstić information content (AvgIpc) is 2.77. The minimum Gasteiger partial charge on any atom is -0.291 e. The molecular weight excluding hydrogens is 385 g/mol. The van der Waals surface area contributed by atoms with Crippen molar-refractivity contribution in [2.24, 2.45) is 0 Å². The first-order valence-electron chi connectivity index (χ1n) is 5.89. The molecule has 3 aromatic rings. The van der Waals surface area contributed by atoms with Crippen molar-refractivity contribution in [3.63, 3.8) is 0 Å². The van der Waals surface area contributed by atoms with Crippen LogP contribution in [0.4, 0.5) is 8.78 Å². The van der Waals surface area contributed by atoms with Gasteiger partial charge in [0, 0.05) is 6.07 Å². The van der Waals surface area contributed by atoms with Gasteiger partial charge < -0.3 is 0 Å². The molecule has 2 nitrogen and oxygen atoms in total. The van der Waals surface area contributed by atoms with Gasteiger partial charge in [-0.3, -0.25) is 4.57 Å². The molecule has 0 radical (unpaired) electrons. The zero-order chi connectivity index (χ0) is 15.1. The predicted octanol–water partition coefficient (Wildman–Crippen LogP) is 5.46. The second kappa shape index (κ2) is 5.55. The summed E-state index contributed by atoms with van der Waals surface area (Å²) in [7, 11) is 0. The fourth-order valence-electron chi connectivity index (χ4n) is 2.16. The summed E-state index contributed by atoms with van der Waals surface area (Å²) < 4.78 is 29.7. The van der Waals surface area contributed by atoms with Gasteiger partial charge in [0.1, 0.15) is 23.1 Å². The zero-order valence-electron chi connectivity index (χ0n) is 10.4. The highest BCUT2D eigenvalue weighted by Gasteiger charge is 2.19. The molecule has 0 aliphatic heterocycles. The van der Waals surface area contributed by atoms with Crippen molar-refractivity contribution in [3.05, 3.63) is 57.3 Å². The molecule has 7 heteroatoms. The number of halogens is 5. The Bertz CT molecular complexity index is 828. The molecule has 108 valence electrons. The number of rotatable bonds is 2. The lowest BCUT2D eigenvalue weighted by atomic mass is 10.2. The van der Waals surface area contributed by atoms with Crippen LogP contribution in [0.25, 0.3) is 16.7 Å². The predicted molar refractivity (Wildman–Crippen MR) is 83.3 cm³/mol. The molecule has 0 saturated heterocycles. The molecule has 0 bridgehead atoms. The maximum absolute atomic E-state index is 14.2. The van der Waals surface area contributed by atoms with Gasteiger partial charge >= 0.3 is 0 Å². The minimum absolute atomic E-state index is 0.0403. The third-order valence-corrected chi connectivity index (χ3v) is 4.20. The molecule has 3 rings (SSSR count). The molecule has 0 spiro atoms. The van der Waals surface area contributed by atoms with Gasteiger partial charge in [-0.2, -0.15) is 0 Å². The number of benzene rings is 2. The Morgan fingerprint density at radius 3 is 2.62 bits per heavy atom. The Morgan fingerprint density at radius 2 is 1.95 bits per heavy atom. The number of hydrogen-bond acceptors (Lipinski definition) is 1. The summed E-state index contributed by atoms with van der Waals surface area (Å²) in [6, 6.07) is 7.12. The fraction of sp³-hybridized carbons (Fsp3) is 0.0714. The summed E-state index contributed by atoms with van der Waals surface area (Å²) in [5.41, 5.74) is 1.01. The van der Waals surface area contributed by atoms with E-state index < -0.39 is 11.6 Å². The van der Waals surface area contributed by atoms with Crippen LogP contribution in [0.3, 0.4) is 0 Å². The smallest absolute Gasteiger partial charge is 0.148 e. The van der Waals surface area contributed by atoms with E-state index >= 15 is 0 Å².